The molecule has 1 unspecified atom stereocenters. The maximum absolute atomic E-state index is 12.6. The van der Waals surface area contributed by atoms with Gasteiger partial charge in [-0.3, -0.25) is 4.79 Å². The van der Waals surface area contributed by atoms with Crippen molar-refractivity contribution in [1.29, 1.82) is 0 Å². The van der Waals surface area contributed by atoms with E-state index in [2.05, 4.69) is 22.2 Å². The smallest absolute Gasteiger partial charge is 0.240 e. The molecule has 2 N–H and O–H groups in total. The van der Waals surface area contributed by atoms with E-state index in [1.165, 1.54) is 18.4 Å². The molecule has 4 rings (SSSR count). The van der Waals surface area contributed by atoms with Crippen molar-refractivity contribution >= 4 is 21.6 Å². The first kappa shape index (κ1) is 17.2. The molecule has 1 saturated carbocycles. The minimum Gasteiger partial charge on any atom is -0.326 e. The van der Waals surface area contributed by atoms with Crippen molar-refractivity contribution in [2.45, 2.75) is 36.5 Å². The van der Waals surface area contributed by atoms with Gasteiger partial charge in [-0.15, -0.1) is 0 Å². The predicted octanol–water partition coefficient (Wildman–Crippen LogP) is 3.04. The third-order valence-electron chi connectivity index (χ3n) is 5.18. The maximum Gasteiger partial charge on any atom is 0.240 e. The molecule has 0 radical (unpaired) electrons. The Morgan fingerprint density at radius 3 is 2.62 bits per heavy atom. The summed E-state index contributed by atoms with van der Waals surface area (Å²) in [5.41, 5.74) is 2.72. The van der Waals surface area contributed by atoms with Gasteiger partial charge in [0.25, 0.3) is 0 Å². The Balaban J connectivity index is 1.42. The summed E-state index contributed by atoms with van der Waals surface area (Å²) in [7, 11) is -3.57. The van der Waals surface area contributed by atoms with Gasteiger partial charge in [-0.2, -0.15) is 0 Å². The highest BCUT2D eigenvalue weighted by Crippen LogP contribution is 2.44. The lowest BCUT2D eigenvalue weighted by Gasteiger charge is -2.17. The molecule has 1 aliphatic heterocycles. The summed E-state index contributed by atoms with van der Waals surface area (Å²) < 4.78 is 27.9. The number of anilines is 1. The normalized spacial score (nSPS) is 17.6. The first-order valence-corrected chi connectivity index (χ1v) is 10.5. The van der Waals surface area contributed by atoms with Crippen molar-refractivity contribution in [1.82, 2.24) is 4.72 Å². The molecule has 1 atom stereocenters. The molecule has 136 valence electrons. The monoisotopic (exact) mass is 370 g/mol. The van der Waals surface area contributed by atoms with Gasteiger partial charge in [-0.25, -0.2) is 13.1 Å². The summed E-state index contributed by atoms with van der Waals surface area (Å²) in [4.78, 5) is 11.7. The van der Waals surface area contributed by atoms with Crippen molar-refractivity contribution in [3.05, 3.63) is 59.7 Å². The van der Waals surface area contributed by atoms with E-state index in [9.17, 15) is 13.2 Å². The molecule has 6 heteroatoms. The number of hydrogen-bond donors (Lipinski definition) is 2. The van der Waals surface area contributed by atoms with E-state index in [1.54, 1.807) is 18.2 Å². The minimum atomic E-state index is -3.57. The zero-order chi connectivity index (χ0) is 18.1. The number of nitrogens with one attached hydrogen (secondary N) is 2. The van der Waals surface area contributed by atoms with Gasteiger partial charge in [0.15, 0.2) is 0 Å². The number of amides is 1. The van der Waals surface area contributed by atoms with E-state index in [0.717, 1.165) is 12.0 Å². The lowest BCUT2D eigenvalue weighted by atomic mass is 9.91. The second-order valence-corrected chi connectivity index (χ2v) is 8.85. The Morgan fingerprint density at radius 1 is 1.12 bits per heavy atom. The van der Waals surface area contributed by atoms with Crippen LogP contribution in [0, 0.1) is 5.92 Å². The molecule has 1 aliphatic carbocycles. The van der Waals surface area contributed by atoms with Crippen LogP contribution in [-0.4, -0.2) is 20.9 Å². The Kier molecular flexibility index (Phi) is 4.54. The van der Waals surface area contributed by atoms with Gasteiger partial charge >= 0.3 is 0 Å². The van der Waals surface area contributed by atoms with E-state index >= 15 is 0 Å². The van der Waals surface area contributed by atoms with Gasteiger partial charge in [0.05, 0.1) is 11.3 Å². The molecular weight excluding hydrogens is 348 g/mol. The topological polar surface area (TPSA) is 75.3 Å². The van der Waals surface area contributed by atoms with Crippen LogP contribution in [0.4, 0.5) is 5.69 Å². The molecule has 0 aromatic heterocycles. The molecule has 1 heterocycles. The molecule has 0 saturated heterocycles. The fraction of sp³-hybridized carbons (Fsp3) is 0.350. The number of hydrogen-bond acceptors (Lipinski definition) is 3. The molecule has 2 aliphatic rings. The zero-order valence-electron chi connectivity index (χ0n) is 14.4. The minimum absolute atomic E-state index is 0.0994. The van der Waals surface area contributed by atoms with Gasteiger partial charge in [0.1, 0.15) is 0 Å². The summed E-state index contributed by atoms with van der Waals surface area (Å²) in [6.07, 6.45) is 3.46. The van der Waals surface area contributed by atoms with Crippen LogP contribution in [0.5, 0.6) is 0 Å². The SMILES string of the molecule is O=C1Cc2cc(S(=O)(=O)NCCC(c3ccccc3)C3CC3)ccc2N1. The predicted molar refractivity (Wildman–Crippen MR) is 100 cm³/mol. The number of sulfonamides is 1. The van der Waals surface area contributed by atoms with Crippen molar-refractivity contribution < 1.29 is 13.2 Å². The summed E-state index contributed by atoms with van der Waals surface area (Å²) in [6.45, 7) is 0.409. The van der Waals surface area contributed by atoms with Crippen LogP contribution in [0.25, 0.3) is 0 Å². The lowest BCUT2D eigenvalue weighted by molar-refractivity contribution is -0.115. The van der Waals surface area contributed by atoms with Crippen LogP contribution < -0.4 is 10.0 Å². The first-order chi connectivity index (χ1) is 12.5. The Labute approximate surface area is 153 Å². The van der Waals surface area contributed by atoms with E-state index in [0.29, 0.717) is 24.1 Å². The van der Waals surface area contributed by atoms with E-state index in [-0.39, 0.29) is 17.2 Å². The van der Waals surface area contributed by atoms with Crippen molar-refractivity contribution in [2.24, 2.45) is 5.92 Å². The number of fused-ring (bicyclic) bond motifs is 1. The van der Waals surface area contributed by atoms with Crippen LogP contribution in [0.15, 0.2) is 53.4 Å². The Hall–Kier alpha value is -2.18. The largest absolute Gasteiger partial charge is 0.326 e. The standard InChI is InChI=1S/C20H22N2O3S/c23-20-13-16-12-17(8-9-19(16)22-20)26(24,25)21-11-10-18(15-6-7-15)14-4-2-1-3-5-14/h1-5,8-9,12,15,18,21H,6-7,10-11,13H2,(H,22,23). The number of carbonyl (C=O) groups is 1. The van der Waals surface area contributed by atoms with Crippen LogP contribution in [0.1, 0.15) is 36.3 Å². The van der Waals surface area contributed by atoms with Gasteiger partial charge in [0.2, 0.25) is 15.9 Å². The third kappa shape index (κ3) is 3.66. The first-order valence-electron chi connectivity index (χ1n) is 9.00. The summed E-state index contributed by atoms with van der Waals surface area (Å²) >= 11 is 0. The second-order valence-electron chi connectivity index (χ2n) is 7.08. The van der Waals surface area contributed by atoms with Crippen molar-refractivity contribution in [3.63, 3.8) is 0 Å². The average molecular weight is 370 g/mol. The van der Waals surface area contributed by atoms with E-state index in [4.69, 9.17) is 0 Å². The van der Waals surface area contributed by atoms with E-state index < -0.39 is 10.0 Å². The molecular formula is C20H22N2O3S. The fourth-order valence-corrected chi connectivity index (χ4v) is 4.78. The Morgan fingerprint density at radius 2 is 1.88 bits per heavy atom. The lowest BCUT2D eigenvalue weighted by Crippen LogP contribution is -2.26. The molecule has 2 aromatic carbocycles. The highest BCUT2D eigenvalue weighted by atomic mass is 32.2. The quantitative estimate of drug-likeness (QED) is 0.787. The number of benzene rings is 2. The summed E-state index contributed by atoms with van der Waals surface area (Å²) in [5.74, 6) is 0.970. The maximum atomic E-state index is 12.6. The third-order valence-corrected chi connectivity index (χ3v) is 6.64. The molecule has 1 fully saturated rings. The zero-order valence-corrected chi connectivity index (χ0v) is 15.3. The highest BCUT2D eigenvalue weighted by Gasteiger charge is 2.32. The highest BCUT2D eigenvalue weighted by molar-refractivity contribution is 7.89. The van der Waals surface area contributed by atoms with Gasteiger partial charge in [-0.05, 0) is 60.4 Å². The number of rotatable bonds is 7. The molecule has 0 bridgehead atoms. The molecule has 26 heavy (non-hydrogen) atoms. The van der Waals surface area contributed by atoms with Gasteiger partial charge in [-0.1, -0.05) is 30.3 Å². The fourth-order valence-electron chi connectivity index (χ4n) is 3.68. The number of carbonyl (C=O) groups excluding carboxylic acids is 1. The molecule has 2 aromatic rings. The second kappa shape index (κ2) is 6.85. The molecule has 1 amide bonds. The van der Waals surface area contributed by atoms with Crippen molar-refractivity contribution in [3.8, 4) is 0 Å². The Bertz CT molecular complexity index is 921. The van der Waals surface area contributed by atoms with E-state index in [1.807, 2.05) is 18.2 Å². The van der Waals surface area contributed by atoms with Crippen LogP contribution >= 0.6 is 0 Å². The summed E-state index contributed by atoms with van der Waals surface area (Å²) in [5, 5.41) is 2.72. The van der Waals surface area contributed by atoms with Crippen LogP contribution in [0.3, 0.4) is 0 Å². The van der Waals surface area contributed by atoms with Crippen LogP contribution in [0.2, 0.25) is 0 Å². The van der Waals surface area contributed by atoms with Gasteiger partial charge in [0, 0.05) is 12.2 Å². The van der Waals surface area contributed by atoms with Crippen LogP contribution in [-0.2, 0) is 21.2 Å². The average Bonchev–Trinajstić information content (AvgIpc) is 3.39. The molecule has 0 spiro atoms. The molecule has 5 nitrogen and oxygen atoms in total. The summed E-state index contributed by atoms with van der Waals surface area (Å²) in [6, 6.07) is 15.1. The van der Waals surface area contributed by atoms with Gasteiger partial charge < -0.3 is 5.32 Å². The van der Waals surface area contributed by atoms with Crippen molar-refractivity contribution in [2.75, 3.05) is 11.9 Å².